The molecule has 0 aliphatic heterocycles. The quantitative estimate of drug-likeness (QED) is 0.692. The van der Waals surface area contributed by atoms with E-state index in [1.54, 1.807) is 30.5 Å². The van der Waals surface area contributed by atoms with Crippen LogP contribution in [0.15, 0.2) is 60.8 Å². The van der Waals surface area contributed by atoms with Crippen LogP contribution in [0.1, 0.15) is 35.0 Å². The molecule has 0 saturated heterocycles. The molecule has 1 amide bonds. The normalized spacial score (nSPS) is 10.6. The Kier molecular flexibility index (Phi) is 5.51. The summed E-state index contributed by atoms with van der Waals surface area (Å²) in [5.41, 5.74) is 3.45. The summed E-state index contributed by atoms with van der Waals surface area (Å²) in [5, 5.41) is 7.99. The van der Waals surface area contributed by atoms with E-state index in [2.05, 4.69) is 29.5 Å². The van der Waals surface area contributed by atoms with E-state index >= 15 is 0 Å². The fraction of sp³-hybridized carbons (Fsp3) is 0.200. The van der Waals surface area contributed by atoms with E-state index in [1.165, 1.54) is 0 Å². The number of rotatable bonds is 6. The van der Waals surface area contributed by atoms with E-state index in [0.717, 1.165) is 24.1 Å². The van der Waals surface area contributed by atoms with E-state index in [4.69, 9.17) is 11.6 Å². The number of hydrogen-bond acceptors (Lipinski definition) is 2. The van der Waals surface area contributed by atoms with Crippen LogP contribution in [0.2, 0.25) is 5.02 Å². The number of amides is 1. The van der Waals surface area contributed by atoms with Gasteiger partial charge in [-0.05, 0) is 36.2 Å². The van der Waals surface area contributed by atoms with Gasteiger partial charge in [0.05, 0.1) is 24.0 Å². The molecule has 1 N–H and O–H groups in total. The van der Waals surface area contributed by atoms with Gasteiger partial charge in [0.25, 0.3) is 5.91 Å². The van der Waals surface area contributed by atoms with Crippen molar-refractivity contribution in [3.63, 3.8) is 0 Å². The number of nitrogens with one attached hydrogen (secondary N) is 1. The van der Waals surface area contributed by atoms with Crippen molar-refractivity contribution in [3.8, 4) is 0 Å². The van der Waals surface area contributed by atoms with Crippen LogP contribution in [0.4, 0.5) is 5.69 Å². The Morgan fingerprint density at radius 1 is 1.12 bits per heavy atom. The van der Waals surface area contributed by atoms with Gasteiger partial charge in [0.1, 0.15) is 0 Å². The number of nitrogens with zero attached hydrogens (tertiary/aromatic N) is 2. The highest BCUT2D eigenvalue weighted by atomic mass is 35.5. The molecule has 0 unspecified atom stereocenters. The van der Waals surface area contributed by atoms with Gasteiger partial charge in [-0.25, -0.2) is 0 Å². The molecule has 0 bridgehead atoms. The molecule has 0 aliphatic carbocycles. The van der Waals surface area contributed by atoms with Crippen LogP contribution < -0.4 is 5.32 Å². The summed E-state index contributed by atoms with van der Waals surface area (Å²) in [6.45, 7) is 2.76. The van der Waals surface area contributed by atoms with Crippen LogP contribution in [0.5, 0.6) is 0 Å². The third-order valence-electron chi connectivity index (χ3n) is 3.96. The number of carbonyl (C=O) groups is 1. The van der Waals surface area contributed by atoms with Crippen LogP contribution >= 0.6 is 11.6 Å². The van der Waals surface area contributed by atoms with Crippen molar-refractivity contribution in [3.05, 3.63) is 82.6 Å². The van der Waals surface area contributed by atoms with E-state index in [0.29, 0.717) is 22.8 Å². The Morgan fingerprint density at radius 3 is 2.52 bits per heavy atom. The van der Waals surface area contributed by atoms with Crippen molar-refractivity contribution in [2.24, 2.45) is 0 Å². The topological polar surface area (TPSA) is 46.9 Å². The minimum absolute atomic E-state index is 0.148. The Bertz CT molecular complexity index is 841. The van der Waals surface area contributed by atoms with Gasteiger partial charge in [-0.15, -0.1) is 0 Å². The van der Waals surface area contributed by atoms with Crippen molar-refractivity contribution in [2.75, 3.05) is 5.32 Å². The van der Waals surface area contributed by atoms with Crippen LogP contribution in [-0.2, 0) is 13.0 Å². The molecule has 128 valence electrons. The molecule has 0 spiro atoms. The highest BCUT2D eigenvalue weighted by Gasteiger charge is 2.17. The highest BCUT2D eigenvalue weighted by Crippen LogP contribution is 2.18. The first kappa shape index (κ1) is 17.2. The summed E-state index contributed by atoms with van der Waals surface area (Å²) >= 11 is 5.89. The smallest absolute Gasteiger partial charge is 0.259 e. The summed E-state index contributed by atoms with van der Waals surface area (Å²) in [5.74, 6) is -0.148. The molecule has 25 heavy (non-hydrogen) atoms. The van der Waals surface area contributed by atoms with E-state index in [1.807, 2.05) is 22.9 Å². The van der Waals surface area contributed by atoms with Gasteiger partial charge in [0, 0.05) is 10.7 Å². The van der Waals surface area contributed by atoms with Crippen molar-refractivity contribution in [2.45, 2.75) is 26.3 Å². The van der Waals surface area contributed by atoms with Crippen LogP contribution in [0.25, 0.3) is 0 Å². The van der Waals surface area contributed by atoms with Crippen LogP contribution in [0.3, 0.4) is 0 Å². The first-order chi connectivity index (χ1) is 12.2. The molecule has 2 aromatic carbocycles. The zero-order chi connectivity index (χ0) is 17.6. The zero-order valence-electron chi connectivity index (χ0n) is 14.1. The lowest BCUT2D eigenvalue weighted by Crippen LogP contribution is -2.15. The van der Waals surface area contributed by atoms with Gasteiger partial charge >= 0.3 is 0 Å². The third-order valence-corrected chi connectivity index (χ3v) is 4.21. The molecule has 0 saturated carbocycles. The maximum Gasteiger partial charge on any atom is 0.259 e. The van der Waals surface area contributed by atoms with Crippen molar-refractivity contribution >= 4 is 23.2 Å². The molecule has 0 atom stereocenters. The molecule has 5 heteroatoms. The first-order valence-corrected chi connectivity index (χ1v) is 8.70. The Balaban J connectivity index is 1.82. The van der Waals surface area contributed by atoms with E-state index in [-0.39, 0.29) is 5.91 Å². The number of aromatic nitrogens is 2. The fourth-order valence-electron chi connectivity index (χ4n) is 2.73. The lowest BCUT2D eigenvalue weighted by molar-refractivity contribution is 0.102. The predicted octanol–water partition coefficient (Wildman–Crippen LogP) is 4.79. The van der Waals surface area contributed by atoms with Crippen molar-refractivity contribution in [1.29, 1.82) is 0 Å². The number of benzene rings is 2. The number of halogens is 1. The maximum atomic E-state index is 12.7. The second kappa shape index (κ2) is 7.99. The average Bonchev–Trinajstić information content (AvgIpc) is 3.01. The molecule has 0 radical (unpaired) electrons. The van der Waals surface area contributed by atoms with Gasteiger partial charge in [-0.1, -0.05) is 55.3 Å². The second-order valence-corrected chi connectivity index (χ2v) is 6.30. The average molecular weight is 354 g/mol. The molecular formula is C20H20ClN3O. The monoisotopic (exact) mass is 353 g/mol. The first-order valence-electron chi connectivity index (χ1n) is 8.33. The number of carbonyl (C=O) groups excluding carboxylic acids is 1. The zero-order valence-corrected chi connectivity index (χ0v) is 14.8. The largest absolute Gasteiger partial charge is 0.322 e. The Morgan fingerprint density at radius 2 is 1.84 bits per heavy atom. The van der Waals surface area contributed by atoms with E-state index in [9.17, 15) is 4.79 Å². The third kappa shape index (κ3) is 4.28. The van der Waals surface area contributed by atoms with Crippen molar-refractivity contribution in [1.82, 2.24) is 9.78 Å². The van der Waals surface area contributed by atoms with Gasteiger partial charge in [0.15, 0.2) is 0 Å². The molecular weight excluding hydrogens is 334 g/mol. The van der Waals surface area contributed by atoms with Gasteiger partial charge in [-0.3, -0.25) is 9.48 Å². The van der Waals surface area contributed by atoms with Gasteiger partial charge in [-0.2, -0.15) is 5.10 Å². The molecule has 1 heterocycles. The van der Waals surface area contributed by atoms with Crippen LogP contribution in [0, 0.1) is 0 Å². The molecule has 1 aromatic heterocycles. The summed E-state index contributed by atoms with van der Waals surface area (Å²) in [4.78, 5) is 12.7. The van der Waals surface area contributed by atoms with Gasteiger partial charge in [0.2, 0.25) is 0 Å². The minimum atomic E-state index is -0.148. The Labute approximate surface area is 152 Å². The molecule has 0 aliphatic rings. The minimum Gasteiger partial charge on any atom is -0.322 e. The highest BCUT2D eigenvalue weighted by molar-refractivity contribution is 6.30. The fourth-order valence-corrected chi connectivity index (χ4v) is 2.85. The lowest BCUT2D eigenvalue weighted by Gasteiger charge is -2.10. The summed E-state index contributed by atoms with van der Waals surface area (Å²) in [6, 6.07) is 17.2. The molecule has 4 nitrogen and oxygen atoms in total. The lowest BCUT2D eigenvalue weighted by atomic mass is 10.1. The predicted molar refractivity (Wildman–Crippen MR) is 101 cm³/mol. The van der Waals surface area contributed by atoms with Gasteiger partial charge < -0.3 is 5.32 Å². The second-order valence-electron chi connectivity index (χ2n) is 5.86. The number of hydrogen-bond donors (Lipinski definition) is 1. The summed E-state index contributed by atoms with van der Waals surface area (Å²) < 4.78 is 1.91. The maximum absolute atomic E-state index is 12.7. The van der Waals surface area contributed by atoms with E-state index < -0.39 is 0 Å². The summed E-state index contributed by atoms with van der Waals surface area (Å²) in [6.07, 6.45) is 3.40. The summed E-state index contributed by atoms with van der Waals surface area (Å²) in [7, 11) is 0. The molecule has 0 fully saturated rings. The Hall–Kier alpha value is -2.59. The van der Waals surface area contributed by atoms with Crippen LogP contribution in [-0.4, -0.2) is 15.7 Å². The molecule has 3 aromatic rings. The standard InChI is InChI=1S/C20H20ClN3O/c1-2-6-19-18(20(25)23-17-11-9-16(21)10-12-17)13-22-24(19)14-15-7-4-3-5-8-15/h3-5,7-13H,2,6,14H2,1H3,(H,23,25). The number of anilines is 1. The SMILES string of the molecule is CCCc1c(C(=O)Nc2ccc(Cl)cc2)cnn1Cc1ccccc1. The van der Waals surface area contributed by atoms with Crippen molar-refractivity contribution < 1.29 is 4.79 Å². The molecule has 3 rings (SSSR count).